The van der Waals surface area contributed by atoms with Crippen LogP contribution < -0.4 is 27.0 Å². The Labute approximate surface area is 164 Å². The Morgan fingerprint density at radius 1 is 1.15 bits per heavy atom. The van der Waals surface area contributed by atoms with Crippen molar-refractivity contribution in [1.29, 1.82) is 0 Å². The molecule has 0 spiro atoms. The van der Waals surface area contributed by atoms with Crippen LogP contribution in [0, 0.1) is 0 Å². The number of nitrogens with zero attached hydrogens (tertiary/aromatic N) is 2. The van der Waals surface area contributed by atoms with Gasteiger partial charge in [-0.15, -0.1) is 0 Å². The highest BCUT2D eigenvalue weighted by molar-refractivity contribution is 9.10. The van der Waals surface area contributed by atoms with Crippen LogP contribution in [0.1, 0.15) is 11.1 Å². The molecule has 0 bridgehead atoms. The van der Waals surface area contributed by atoms with Crippen molar-refractivity contribution in [1.82, 2.24) is 5.43 Å². The van der Waals surface area contributed by atoms with E-state index >= 15 is 0 Å². The molecule has 148 valence electrons. The van der Waals surface area contributed by atoms with Gasteiger partial charge in [-0.3, -0.25) is 10.2 Å². The average Bonchev–Trinajstić information content (AvgIpc) is 2.61. The van der Waals surface area contributed by atoms with E-state index in [9.17, 15) is 13.2 Å². The summed E-state index contributed by atoms with van der Waals surface area (Å²) in [5.41, 5.74) is 2.78. The van der Waals surface area contributed by atoms with Gasteiger partial charge in [0.2, 0.25) is 6.41 Å². The van der Waals surface area contributed by atoms with E-state index < -0.39 is 11.7 Å². The number of rotatable bonds is 5. The Morgan fingerprint density at radius 2 is 1.74 bits per heavy atom. The summed E-state index contributed by atoms with van der Waals surface area (Å²) < 4.78 is 40.2. The number of benzene rings is 2. The zero-order valence-electron chi connectivity index (χ0n) is 14.8. The number of amides is 1. The monoisotopic (exact) mass is 447 g/mol. The van der Waals surface area contributed by atoms with E-state index in [0.29, 0.717) is 12.1 Å². The Hall–Kier alpha value is -2.30. The number of anilines is 2. The number of hydrazine groups is 2. The van der Waals surface area contributed by atoms with E-state index in [1.807, 2.05) is 18.2 Å². The molecule has 2 rings (SSSR count). The predicted octanol–water partition coefficient (Wildman–Crippen LogP) is 3.02. The summed E-state index contributed by atoms with van der Waals surface area (Å²) in [6.45, 7) is 0.110. The van der Waals surface area contributed by atoms with Crippen molar-refractivity contribution in [2.45, 2.75) is 12.7 Å². The SMILES string of the molecule is CN(N)c1cccc(Br)c1N(C)Cc1ccccc1C(F)(F)F.NNC=O. The Balaban J connectivity index is 0.000000828. The van der Waals surface area contributed by atoms with Crippen LogP contribution in [0.25, 0.3) is 0 Å². The van der Waals surface area contributed by atoms with E-state index in [2.05, 4.69) is 21.8 Å². The van der Waals surface area contributed by atoms with Crippen LogP contribution in [0.2, 0.25) is 0 Å². The molecule has 0 saturated heterocycles. The average molecular weight is 448 g/mol. The highest BCUT2D eigenvalue weighted by Crippen LogP contribution is 2.37. The summed E-state index contributed by atoms with van der Waals surface area (Å²) in [6.07, 6.45) is -3.97. The molecule has 0 fully saturated rings. The summed E-state index contributed by atoms with van der Waals surface area (Å²) in [4.78, 5) is 10.7. The van der Waals surface area contributed by atoms with Gasteiger partial charge in [-0.25, -0.2) is 11.7 Å². The quantitative estimate of drug-likeness (QED) is 0.283. The van der Waals surface area contributed by atoms with Gasteiger partial charge in [0.15, 0.2) is 0 Å². The zero-order chi connectivity index (χ0) is 20.6. The van der Waals surface area contributed by atoms with Crippen molar-refractivity contribution < 1.29 is 18.0 Å². The maximum absolute atomic E-state index is 13.1. The molecule has 0 aliphatic rings. The van der Waals surface area contributed by atoms with Gasteiger partial charge >= 0.3 is 6.18 Å². The van der Waals surface area contributed by atoms with E-state index in [0.717, 1.165) is 16.2 Å². The van der Waals surface area contributed by atoms with E-state index in [-0.39, 0.29) is 12.1 Å². The van der Waals surface area contributed by atoms with Crippen LogP contribution in [0.15, 0.2) is 46.9 Å². The Morgan fingerprint density at radius 3 is 2.26 bits per heavy atom. The lowest BCUT2D eigenvalue weighted by atomic mass is 10.1. The van der Waals surface area contributed by atoms with Crippen LogP contribution in [0.5, 0.6) is 0 Å². The molecule has 10 heteroatoms. The maximum atomic E-state index is 13.1. The molecule has 0 atom stereocenters. The number of nitrogens with two attached hydrogens (primary N) is 2. The molecule has 5 N–H and O–H groups in total. The van der Waals surface area contributed by atoms with Crippen LogP contribution >= 0.6 is 15.9 Å². The summed E-state index contributed by atoms with van der Waals surface area (Å²) in [5.74, 6) is 10.2. The van der Waals surface area contributed by atoms with Crippen LogP contribution in [0.3, 0.4) is 0 Å². The Kier molecular flexibility index (Phi) is 8.54. The minimum atomic E-state index is -4.38. The molecule has 0 radical (unpaired) electrons. The highest BCUT2D eigenvalue weighted by atomic mass is 79.9. The Bertz CT molecular complexity index is 756. The number of carbonyl (C=O) groups excluding carboxylic acids is 1. The van der Waals surface area contributed by atoms with Gasteiger partial charge in [0.25, 0.3) is 0 Å². The third kappa shape index (κ3) is 6.42. The van der Waals surface area contributed by atoms with Gasteiger partial charge in [-0.1, -0.05) is 24.3 Å². The lowest BCUT2D eigenvalue weighted by Gasteiger charge is -2.27. The molecule has 27 heavy (non-hydrogen) atoms. The molecule has 2 aromatic rings. The molecular weight excluding hydrogens is 427 g/mol. The molecule has 2 aromatic carbocycles. The number of carbonyl (C=O) groups is 1. The van der Waals surface area contributed by atoms with Crippen molar-refractivity contribution in [2.75, 3.05) is 24.0 Å². The van der Waals surface area contributed by atoms with Gasteiger partial charge < -0.3 is 9.91 Å². The molecule has 1 amide bonds. The van der Waals surface area contributed by atoms with Crippen molar-refractivity contribution >= 4 is 33.7 Å². The standard InChI is InChI=1S/C16H17BrF3N3.CH4N2O/c1-22(15-13(17)8-5-9-14(15)23(2)21)10-11-6-3-4-7-12(11)16(18,19)20;2-3-1-4/h3-9H,10,21H2,1-2H3;1H,2H2,(H,3,4). The molecule has 6 nitrogen and oxygen atoms in total. The van der Waals surface area contributed by atoms with Crippen molar-refractivity contribution in [3.05, 3.63) is 58.1 Å². The smallest absolute Gasteiger partial charge is 0.368 e. The van der Waals surface area contributed by atoms with E-state index in [1.54, 1.807) is 30.5 Å². The maximum Gasteiger partial charge on any atom is 0.416 e. The van der Waals surface area contributed by atoms with Gasteiger partial charge in [0.1, 0.15) is 0 Å². The first-order chi connectivity index (χ1) is 12.6. The topological polar surface area (TPSA) is 87.6 Å². The van der Waals surface area contributed by atoms with Crippen molar-refractivity contribution in [3.8, 4) is 0 Å². The summed E-state index contributed by atoms with van der Waals surface area (Å²) >= 11 is 3.44. The van der Waals surface area contributed by atoms with Gasteiger partial charge in [-0.2, -0.15) is 13.2 Å². The number of nitrogens with one attached hydrogen (secondary N) is 1. The summed E-state index contributed by atoms with van der Waals surface area (Å²) in [5, 5.41) is 1.44. The molecular formula is C17H21BrF3N5O. The fourth-order valence-electron chi connectivity index (χ4n) is 2.44. The van der Waals surface area contributed by atoms with Crippen LogP contribution in [-0.2, 0) is 17.5 Å². The van der Waals surface area contributed by atoms with Crippen LogP contribution in [0.4, 0.5) is 24.5 Å². The highest BCUT2D eigenvalue weighted by Gasteiger charge is 2.33. The lowest BCUT2D eigenvalue weighted by Crippen LogP contribution is -2.29. The molecule has 0 aromatic heterocycles. The minimum absolute atomic E-state index is 0.110. The number of para-hydroxylation sites is 1. The first-order valence-corrected chi connectivity index (χ1v) is 8.45. The molecule has 0 heterocycles. The van der Waals surface area contributed by atoms with Gasteiger partial charge in [0, 0.05) is 25.1 Å². The molecule has 0 unspecified atom stereocenters. The van der Waals surface area contributed by atoms with Gasteiger partial charge in [0.05, 0.1) is 16.9 Å². The fourth-order valence-corrected chi connectivity index (χ4v) is 3.09. The number of hydrogen-bond acceptors (Lipinski definition) is 5. The third-order valence-corrected chi connectivity index (χ3v) is 4.17. The second kappa shape index (κ2) is 10.1. The van der Waals surface area contributed by atoms with Crippen LogP contribution in [-0.4, -0.2) is 20.5 Å². The number of halogens is 4. The second-order valence-electron chi connectivity index (χ2n) is 5.51. The van der Waals surface area contributed by atoms with E-state index in [4.69, 9.17) is 10.6 Å². The molecule has 0 aliphatic carbocycles. The lowest BCUT2D eigenvalue weighted by molar-refractivity contribution is -0.138. The first-order valence-electron chi connectivity index (χ1n) is 7.66. The zero-order valence-corrected chi connectivity index (χ0v) is 16.4. The fraction of sp³-hybridized carbons (Fsp3) is 0.235. The van der Waals surface area contributed by atoms with Gasteiger partial charge in [-0.05, 0) is 39.7 Å². The number of hydrogen-bond donors (Lipinski definition) is 3. The molecule has 0 saturated carbocycles. The summed E-state index contributed by atoms with van der Waals surface area (Å²) in [6, 6.07) is 11.0. The van der Waals surface area contributed by atoms with Crippen molar-refractivity contribution in [3.63, 3.8) is 0 Å². The number of alkyl halides is 3. The third-order valence-electron chi connectivity index (χ3n) is 3.53. The molecule has 0 aliphatic heterocycles. The predicted molar refractivity (Wildman–Crippen MR) is 104 cm³/mol. The second-order valence-corrected chi connectivity index (χ2v) is 6.37. The first kappa shape index (κ1) is 22.7. The van der Waals surface area contributed by atoms with Crippen molar-refractivity contribution in [2.24, 2.45) is 11.7 Å². The normalized spacial score (nSPS) is 10.5. The van der Waals surface area contributed by atoms with E-state index in [1.165, 1.54) is 17.1 Å². The summed E-state index contributed by atoms with van der Waals surface area (Å²) in [7, 11) is 3.42. The largest absolute Gasteiger partial charge is 0.416 e. The minimum Gasteiger partial charge on any atom is -0.368 e.